The Balaban J connectivity index is 1.37. The van der Waals surface area contributed by atoms with Gasteiger partial charge in [-0.15, -0.1) is 21.5 Å². The monoisotopic (exact) mass is 426 g/mol. The van der Waals surface area contributed by atoms with Crippen LogP contribution in [-0.4, -0.2) is 26.4 Å². The van der Waals surface area contributed by atoms with Crippen LogP contribution in [0.3, 0.4) is 0 Å². The lowest BCUT2D eigenvalue weighted by atomic mass is 9.89. The first-order valence-corrected chi connectivity index (χ1v) is 12.0. The summed E-state index contributed by atoms with van der Waals surface area (Å²) in [6.07, 6.45) is 4.88. The lowest BCUT2D eigenvalue weighted by molar-refractivity contribution is -0.119. The van der Waals surface area contributed by atoms with Crippen LogP contribution in [0.15, 0.2) is 40.9 Å². The average Bonchev–Trinajstić information content (AvgIpc) is 3.41. The Hall–Kier alpha value is -2.12. The molecule has 0 saturated heterocycles. The lowest BCUT2D eigenvalue weighted by Crippen LogP contribution is -2.28. The third-order valence-electron chi connectivity index (χ3n) is 5.36. The first-order valence-electron chi connectivity index (χ1n) is 10.2. The second kappa shape index (κ2) is 9.13. The van der Waals surface area contributed by atoms with Crippen LogP contribution < -0.4 is 5.32 Å². The van der Waals surface area contributed by atoms with Crippen LogP contribution in [0.2, 0.25) is 0 Å². The fraction of sp³-hybridized carbons (Fsp3) is 0.409. The molecular weight excluding hydrogens is 400 g/mol. The summed E-state index contributed by atoms with van der Waals surface area (Å²) in [5.41, 5.74) is 4.09. The van der Waals surface area contributed by atoms with Crippen molar-refractivity contribution in [1.29, 1.82) is 0 Å². The molecule has 0 fully saturated rings. The Morgan fingerprint density at radius 2 is 2.07 bits per heavy atom. The van der Waals surface area contributed by atoms with Crippen molar-refractivity contribution in [2.75, 3.05) is 5.75 Å². The number of rotatable bonds is 7. The minimum Gasteiger partial charge on any atom is -0.349 e. The SMILES string of the molecule is CCn1c(SCC(=O)N[C@@H](C)c2ccc3c(c2)CCCC3)nnc1-c1cccs1. The van der Waals surface area contributed by atoms with Crippen molar-refractivity contribution >= 4 is 29.0 Å². The van der Waals surface area contributed by atoms with Crippen molar-refractivity contribution in [2.24, 2.45) is 0 Å². The molecule has 2 heterocycles. The van der Waals surface area contributed by atoms with E-state index in [2.05, 4.69) is 52.1 Å². The number of thioether (sulfide) groups is 1. The van der Waals surface area contributed by atoms with Gasteiger partial charge in [0.15, 0.2) is 11.0 Å². The topological polar surface area (TPSA) is 59.8 Å². The van der Waals surface area contributed by atoms with Gasteiger partial charge in [0.05, 0.1) is 16.7 Å². The van der Waals surface area contributed by atoms with Crippen molar-refractivity contribution in [3.8, 4) is 10.7 Å². The number of aromatic nitrogens is 3. The van der Waals surface area contributed by atoms with Crippen LogP contribution in [0.5, 0.6) is 0 Å². The quantitative estimate of drug-likeness (QED) is 0.547. The van der Waals surface area contributed by atoms with Gasteiger partial charge in [-0.05, 0) is 67.7 Å². The van der Waals surface area contributed by atoms with Crippen LogP contribution >= 0.6 is 23.1 Å². The van der Waals surface area contributed by atoms with Gasteiger partial charge in [-0.25, -0.2) is 0 Å². The lowest BCUT2D eigenvalue weighted by Gasteiger charge is -2.20. The fourth-order valence-electron chi connectivity index (χ4n) is 3.79. The van der Waals surface area contributed by atoms with Crippen molar-refractivity contribution in [3.05, 3.63) is 52.4 Å². The minimum atomic E-state index is 0.000973. The van der Waals surface area contributed by atoms with Crippen LogP contribution in [0.1, 0.15) is 49.4 Å². The number of hydrogen-bond acceptors (Lipinski definition) is 5. The molecule has 1 N–H and O–H groups in total. The highest BCUT2D eigenvalue weighted by atomic mass is 32.2. The highest BCUT2D eigenvalue weighted by Crippen LogP contribution is 2.28. The van der Waals surface area contributed by atoms with Crippen LogP contribution in [-0.2, 0) is 24.2 Å². The predicted molar refractivity (Wildman–Crippen MR) is 119 cm³/mol. The second-order valence-electron chi connectivity index (χ2n) is 7.34. The molecule has 3 aromatic rings. The molecular formula is C22H26N4OS2. The summed E-state index contributed by atoms with van der Waals surface area (Å²) in [6.45, 7) is 4.90. The number of amides is 1. The number of nitrogens with zero attached hydrogens (tertiary/aromatic N) is 3. The van der Waals surface area contributed by atoms with Crippen molar-refractivity contribution in [3.63, 3.8) is 0 Å². The Kier molecular flexibility index (Phi) is 6.35. The molecule has 1 aromatic carbocycles. The molecule has 1 aliphatic rings. The molecule has 0 unspecified atom stereocenters. The number of aryl methyl sites for hydroxylation is 2. The summed E-state index contributed by atoms with van der Waals surface area (Å²) in [5, 5.41) is 14.6. The molecule has 152 valence electrons. The average molecular weight is 427 g/mol. The molecule has 4 rings (SSSR count). The summed E-state index contributed by atoms with van der Waals surface area (Å²) in [7, 11) is 0. The maximum atomic E-state index is 12.5. The Morgan fingerprint density at radius 3 is 2.83 bits per heavy atom. The molecule has 0 bridgehead atoms. The van der Waals surface area contributed by atoms with E-state index >= 15 is 0 Å². The normalized spacial score (nSPS) is 14.4. The Bertz CT molecular complexity index is 981. The molecule has 0 radical (unpaired) electrons. The van der Waals surface area contributed by atoms with E-state index < -0.39 is 0 Å². The van der Waals surface area contributed by atoms with Gasteiger partial charge in [0.25, 0.3) is 0 Å². The summed E-state index contributed by atoms with van der Waals surface area (Å²) in [6, 6.07) is 10.7. The molecule has 7 heteroatoms. The zero-order chi connectivity index (χ0) is 20.2. The number of hydrogen-bond donors (Lipinski definition) is 1. The van der Waals surface area contributed by atoms with E-state index in [1.165, 1.54) is 47.7 Å². The van der Waals surface area contributed by atoms with Gasteiger partial charge in [0.2, 0.25) is 5.91 Å². The van der Waals surface area contributed by atoms with Gasteiger partial charge in [-0.3, -0.25) is 4.79 Å². The summed E-state index contributed by atoms with van der Waals surface area (Å²) >= 11 is 3.09. The second-order valence-corrected chi connectivity index (χ2v) is 9.23. The Morgan fingerprint density at radius 1 is 1.24 bits per heavy atom. The van der Waals surface area contributed by atoms with E-state index in [1.807, 2.05) is 17.5 Å². The fourth-order valence-corrected chi connectivity index (χ4v) is 5.32. The zero-order valence-corrected chi connectivity index (χ0v) is 18.5. The summed E-state index contributed by atoms with van der Waals surface area (Å²) in [4.78, 5) is 13.6. The molecule has 2 aromatic heterocycles. The van der Waals surface area contributed by atoms with Gasteiger partial charge < -0.3 is 9.88 Å². The van der Waals surface area contributed by atoms with Crippen molar-refractivity contribution in [1.82, 2.24) is 20.1 Å². The van der Waals surface area contributed by atoms with E-state index in [4.69, 9.17) is 0 Å². The standard InChI is InChI=1S/C22H26N4OS2/c1-3-26-21(19-9-6-12-28-19)24-25-22(26)29-14-20(27)23-15(2)17-11-10-16-7-4-5-8-18(16)13-17/h6,9-13,15H,3-5,7-8,14H2,1-2H3,(H,23,27)/t15-/m0/s1. The van der Waals surface area contributed by atoms with Gasteiger partial charge in [-0.2, -0.15) is 0 Å². The summed E-state index contributed by atoms with van der Waals surface area (Å²) < 4.78 is 2.07. The predicted octanol–water partition coefficient (Wildman–Crippen LogP) is 4.87. The maximum Gasteiger partial charge on any atom is 0.230 e. The smallest absolute Gasteiger partial charge is 0.230 e. The molecule has 1 atom stereocenters. The molecule has 0 saturated carbocycles. The molecule has 0 aliphatic heterocycles. The maximum absolute atomic E-state index is 12.5. The van der Waals surface area contributed by atoms with Gasteiger partial charge >= 0.3 is 0 Å². The van der Waals surface area contributed by atoms with E-state index in [0.717, 1.165) is 28.8 Å². The van der Waals surface area contributed by atoms with E-state index in [1.54, 1.807) is 11.3 Å². The Labute approximate surface area is 179 Å². The molecule has 5 nitrogen and oxygen atoms in total. The van der Waals surface area contributed by atoms with E-state index in [0.29, 0.717) is 5.75 Å². The highest BCUT2D eigenvalue weighted by molar-refractivity contribution is 7.99. The van der Waals surface area contributed by atoms with E-state index in [9.17, 15) is 4.79 Å². The number of thiophene rings is 1. The first kappa shape index (κ1) is 20.2. The third kappa shape index (κ3) is 4.56. The van der Waals surface area contributed by atoms with Gasteiger partial charge in [0, 0.05) is 6.54 Å². The number of benzene rings is 1. The summed E-state index contributed by atoms with van der Waals surface area (Å²) in [5.74, 6) is 1.22. The number of carbonyl (C=O) groups excluding carboxylic acids is 1. The molecule has 1 aliphatic carbocycles. The zero-order valence-electron chi connectivity index (χ0n) is 16.9. The van der Waals surface area contributed by atoms with Crippen molar-refractivity contribution in [2.45, 2.75) is 57.3 Å². The number of carbonyl (C=O) groups is 1. The van der Waals surface area contributed by atoms with Crippen LogP contribution in [0.4, 0.5) is 0 Å². The number of fused-ring (bicyclic) bond motifs is 1. The molecule has 0 spiro atoms. The van der Waals surface area contributed by atoms with Gasteiger partial charge in [-0.1, -0.05) is 36.0 Å². The van der Waals surface area contributed by atoms with Crippen LogP contribution in [0, 0.1) is 0 Å². The van der Waals surface area contributed by atoms with E-state index in [-0.39, 0.29) is 11.9 Å². The third-order valence-corrected chi connectivity index (χ3v) is 7.19. The molecule has 1 amide bonds. The van der Waals surface area contributed by atoms with Crippen LogP contribution in [0.25, 0.3) is 10.7 Å². The largest absolute Gasteiger partial charge is 0.349 e. The minimum absolute atomic E-state index is 0.000973. The van der Waals surface area contributed by atoms with Crippen molar-refractivity contribution < 1.29 is 4.79 Å². The number of nitrogens with one attached hydrogen (secondary N) is 1. The highest BCUT2D eigenvalue weighted by Gasteiger charge is 2.17. The van der Waals surface area contributed by atoms with Gasteiger partial charge in [0.1, 0.15) is 0 Å². The molecule has 29 heavy (non-hydrogen) atoms. The first-order chi connectivity index (χ1) is 14.2.